The van der Waals surface area contributed by atoms with Gasteiger partial charge in [0.05, 0.1) is 16.9 Å². The Morgan fingerprint density at radius 3 is 2.67 bits per heavy atom. The van der Waals surface area contributed by atoms with Crippen molar-refractivity contribution in [1.82, 2.24) is 4.98 Å². The number of rotatable bonds is 3. The highest BCUT2D eigenvalue weighted by Crippen LogP contribution is 2.33. The van der Waals surface area contributed by atoms with Gasteiger partial charge in [-0.15, -0.1) is 0 Å². The van der Waals surface area contributed by atoms with E-state index in [4.69, 9.17) is 10.8 Å². The fourth-order valence-corrected chi connectivity index (χ4v) is 2.14. The summed E-state index contributed by atoms with van der Waals surface area (Å²) >= 11 is 0. The van der Waals surface area contributed by atoms with Crippen LogP contribution in [0.4, 0.5) is 5.69 Å². The Morgan fingerprint density at radius 1 is 1.33 bits per heavy atom. The van der Waals surface area contributed by atoms with Crippen molar-refractivity contribution in [3.63, 3.8) is 0 Å². The molecule has 0 radical (unpaired) electrons. The van der Waals surface area contributed by atoms with Crippen molar-refractivity contribution in [3.05, 3.63) is 35.5 Å². The van der Waals surface area contributed by atoms with Gasteiger partial charge in [0.1, 0.15) is 0 Å². The van der Waals surface area contributed by atoms with Gasteiger partial charge >= 0.3 is 0 Å². The fourth-order valence-electron chi connectivity index (χ4n) is 2.14. The molecule has 0 aliphatic rings. The average molecular weight is 243 g/mol. The molecule has 3 N–H and O–H groups in total. The van der Waals surface area contributed by atoms with Crippen LogP contribution in [-0.2, 0) is 5.41 Å². The third-order valence-corrected chi connectivity index (χ3v) is 3.73. The second-order valence-corrected chi connectivity index (χ2v) is 5.41. The minimum atomic E-state index is 0.0121. The van der Waals surface area contributed by atoms with Gasteiger partial charge in [-0.2, -0.15) is 0 Å². The van der Waals surface area contributed by atoms with Crippen LogP contribution in [-0.4, -0.2) is 4.98 Å². The third kappa shape index (κ3) is 2.06. The molecular formula is C15H21N3. The molecule has 0 atom stereocenters. The minimum Gasteiger partial charge on any atom is -0.322 e. The summed E-state index contributed by atoms with van der Waals surface area (Å²) in [5.41, 5.74) is 7.01. The first-order valence-corrected chi connectivity index (χ1v) is 6.37. The number of hydrogen-bond acceptors (Lipinski definition) is 3. The van der Waals surface area contributed by atoms with Crippen molar-refractivity contribution >= 4 is 16.6 Å². The number of nitrogens with two attached hydrogens (primary N) is 1. The summed E-state index contributed by atoms with van der Waals surface area (Å²) < 4.78 is 0. The van der Waals surface area contributed by atoms with Crippen molar-refractivity contribution in [1.29, 1.82) is 0 Å². The molecule has 0 saturated carbocycles. The number of fused-ring (bicyclic) bond motifs is 1. The van der Waals surface area contributed by atoms with Gasteiger partial charge in [-0.25, -0.2) is 4.98 Å². The van der Waals surface area contributed by atoms with E-state index in [9.17, 15) is 0 Å². The number of nitrogen functional groups attached to an aromatic ring is 1. The summed E-state index contributed by atoms with van der Waals surface area (Å²) in [6.45, 7) is 8.65. The van der Waals surface area contributed by atoms with Crippen molar-refractivity contribution in [3.8, 4) is 0 Å². The lowest BCUT2D eigenvalue weighted by Gasteiger charge is -2.25. The van der Waals surface area contributed by atoms with Gasteiger partial charge in [0.25, 0.3) is 0 Å². The SMILES string of the molecule is CCC(C)(C)c1nc2c(C)cccc2cc1NN. The normalized spacial score (nSPS) is 11.8. The largest absolute Gasteiger partial charge is 0.322 e. The average Bonchev–Trinajstić information content (AvgIpc) is 2.37. The lowest BCUT2D eigenvalue weighted by molar-refractivity contribution is 0.493. The van der Waals surface area contributed by atoms with Crippen LogP contribution >= 0.6 is 0 Å². The maximum absolute atomic E-state index is 5.64. The van der Waals surface area contributed by atoms with E-state index in [0.717, 1.165) is 28.7 Å². The van der Waals surface area contributed by atoms with Crippen molar-refractivity contribution in [2.75, 3.05) is 5.43 Å². The number of anilines is 1. The predicted molar refractivity (Wildman–Crippen MR) is 77.6 cm³/mol. The Morgan fingerprint density at radius 2 is 2.06 bits per heavy atom. The summed E-state index contributed by atoms with van der Waals surface area (Å²) in [5.74, 6) is 5.64. The van der Waals surface area contributed by atoms with Gasteiger partial charge < -0.3 is 5.43 Å². The molecular weight excluding hydrogens is 222 g/mol. The molecule has 0 saturated heterocycles. The molecule has 0 amide bonds. The first-order chi connectivity index (χ1) is 8.49. The number of nitrogens with one attached hydrogen (secondary N) is 1. The molecule has 3 heteroatoms. The zero-order valence-corrected chi connectivity index (χ0v) is 11.5. The van der Waals surface area contributed by atoms with E-state index < -0.39 is 0 Å². The fraction of sp³-hybridized carbons (Fsp3) is 0.400. The standard InChI is InChI=1S/C15H21N3/c1-5-15(3,4)14-12(18-16)9-11-8-6-7-10(2)13(11)17-14/h6-9,18H,5,16H2,1-4H3. The molecule has 1 heterocycles. The Hall–Kier alpha value is -1.61. The van der Waals surface area contributed by atoms with Crippen LogP contribution in [0.1, 0.15) is 38.4 Å². The molecule has 96 valence electrons. The second kappa shape index (κ2) is 4.58. The van der Waals surface area contributed by atoms with E-state index >= 15 is 0 Å². The predicted octanol–water partition coefficient (Wildman–Crippen LogP) is 3.52. The number of nitrogens with zero attached hydrogens (tertiary/aromatic N) is 1. The van der Waals surface area contributed by atoms with Crippen molar-refractivity contribution < 1.29 is 0 Å². The van der Waals surface area contributed by atoms with Crippen LogP contribution < -0.4 is 11.3 Å². The van der Waals surface area contributed by atoms with Gasteiger partial charge in [0.2, 0.25) is 0 Å². The molecule has 0 fully saturated rings. The van der Waals surface area contributed by atoms with Crippen LogP contribution in [0.2, 0.25) is 0 Å². The molecule has 2 rings (SSSR count). The van der Waals surface area contributed by atoms with Gasteiger partial charge in [-0.05, 0) is 25.0 Å². The Balaban J connectivity index is 2.76. The summed E-state index contributed by atoms with van der Waals surface area (Å²) in [4.78, 5) is 4.85. The number of aryl methyl sites for hydroxylation is 1. The van der Waals surface area contributed by atoms with Crippen LogP contribution in [0.3, 0.4) is 0 Å². The highest BCUT2D eigenvalue weighted by atomic mass is 15.2. The number of pyridine rings is 1. The van der Waals surface area contributed by atoms with Crippen molar-refractivity contribution in [2.45, 2.75) is 39.5 Å². The molecule has 2 aromatic rings. The number of para-hydroxylation sites is 1. The zero-order chi connectivity index (χ0) is 13.3. The van der Waals surface area contributed by atoms with Gasteiger partial charge in [0, 0.05) is 10.8 Å². The maximum atomic E-state index is 5.64. The number of hydrazine groups is 1. The van der Waals surface area contributed by atoms with E-state index in [0.29, 0.717) is 0 Å². The molecule has 0 unspecified atom stereocenters. The molecule has 18 heavy (non-hydrogen) atoms. The highest BCUT2D eigenvalue weighted by molar-refractivity contribution is 5.85. The first-order valence-electron chi connectivity index (χ1n) is 6.37. The third-order valence-electron chi connectivity index (χ3n) is 3.73. The molecule has 0 aliphatic carbocycles. The first kappa shape index (κ1) is 12.8. The Labute approximate surface area is 108 Å². The van der Waals surface area contributed by atoms with E-state index in [-0.39, 0.29) is 5.41 Å². The van der Waals surface area contributed by atoms with Gasteiger partial charge in [-0.1, -0.05) is 39.0 Å². The molecule has 0 aliphatic heterocycles. The number of hydrogen-bond donors (Lipinski definition) is 2. The van der Waals surface area contributed by atoms with E-state index in [1.54, 1.807) is 0 Å². The topological polar surface area (TPSA) is 50.9 Å². The van der Waals surface area contributed by atoms with Crippen LogP contribution in [0.25, 0.3) is 10.9 Å². The summed E-state index contributed by atoms with van der Waals surface area (Å²) in [6.07, 6.45) is 1.02. The maximum Gasteiger partial charge on any atom is 0.0736 e. The summed E-state index contributed by atoms with van der Waals surface area (Å²) in [7, 11) is 0. The minimum absolute atomic E-state index is 0.0121. The summed E-state index contributed by atoms with van der Waals surface area (Å²) in [6, 6.07) is 8.29. The lowest BCUT2D eigenvalue weighted by atomic mass is 9.84. The highest BCUT2D eigenvalue weighted by Gasteiger charge is 2.24. The second-order valence-electron chi connectivity index (χ2n) is 5.41. The molecule has 1 aromatic heterocycles. The quantitative estimate of drug-likeness (QED) is 0.640. The Kier molecular flexibility index (Phi) is 3.26. The monoisotopic (exact) mass is 243 g/mol. The number of benzene rings is 1. The van der Waals surface area contributed by atoms with E-state index in [2.05, 4.69) is 51.3 Å². The summed E-state index contributed by atoms with van der Waals surface area (Å²) in [5, 5.41) is 1.12. The molecule has 3 nitrogen and oxygen atoms in total. The number of aromatic nitrogens is 1. The molecule has 0 bridgehead atoms. The molecule has 1 aromatic carbocycles. The zero-order valence-electron chi connectivity index (χ0n) is 11.5. The van der Waals surface area contributed by atoms with Crippen LogP contribution in [0.5, 0.6) is 0 Å². The lowest BCUT2D eigenvalue weighted by Crippen LogP contribution is -2.22. The molecule has 0 spiro atoms. The smallest absolute Gasteiger partial charge is 0.0736 e. The van der Waals surface area contributed by atoms with Gasteiger partial charge in [-0.3, -0.25) is 5.84 Å². The Bertz CT molecular complexity index is 573. The van der Waals surface area contributed by atoms with E-state index in [1.807, 2.05) is 6.07 Å². The van der Waals surface area contributed by atoms with E-state index in [1.165, 1.54) is 5.56 Å². The van der Waals surface area contributed by atoms with Gasteiger partial charge in [0.15, 0.2) is 0 Å². The van der Waals surface area contributed by atoms with Crippen LogP contribution in [0, 0.1) is 6.92 Å². The van der Waals surface area contributed by atoms with Crippen LogP contribution in [0.15, 0.2) is 24.3 Å². The van der Waals surface area contributed by atoms with Crippen molar-refractivity contribution in [2.24, 2.45) is 5.84 Å².